The summed E-state index contributed by atoms with van der Waals surface area (Å²) in [5, 5.41) is 0. The Kier molecular flexibility index (Phi) is 4.01. The van der Waals surface area contributed by atoms with Crippen molar-refractivity contribution in [1.29, 1.82) is 0 Å². The normalized spacial score (nSPS) is 15.7. The molecular formula is C12H13F3N2O3. The maximum absolute atomic E-state index is 12.3. The minimum Gasteiger partial charge on any atom is -0.471 e. The number of halogens is 3. The minimum atomic E-state index is -4.41. The van der Waals surface area contributed by atoms with Crippen molar-refractivity contribution < 1.29 is 27.4 Å². The van der Waals surface area contributed by atoms with Gasteiger partial charge in [0.25, 0.3) is 0 Å². The molecule has 1 aromatic heterocycles. The van der Waals surface area contributed by atoms with Gasteiger partial charge in [0.15, 0.2) is 0 Å². The lowest BCUT2D eigenvalue weighted by molar-refractivity contribution is -0.137. The van der Waals surface area contributed by atoms with Gasteiger partial charge in [-0.25, -0.2) is 9.78 Å². The van der Waals surface area contributed by atoms with E-state index in [0.717, 1.165) is 18.3 Å². The summed E-state index contributed by atoms with van der Waals surface area (Å²) in [6, 6.07) is 2.07. The van der Waals surface area contributed by atoms with Crippen molar-refractivity contribution in [3.63, 3.8) is 0 Å². The van der Waals surface area contributed by atoms with Gasteiger partial charge in [-0.3, -0.25) is 0 Å². The SMILES string of the molecule is CCOC(=O)N1CC(Oc2ccc(C(F)(F)F)cn2)C1. The summed E-state index contributed by atoms with van der Waals surface area (Å²) in [5.41, 5.74) is -0.827. The van der Waals surface area contributed by atoms with Crippen molar-refractivity contribution >= 4 is 6.09 Å². The van der Waals surface area contributed by atoms with E-state index in [0.29, 0.717) is 19.7 Å². The molecule has 1 saturated heterocycles. The van der Waals surface area contributed by atoms with Crippen molar-refractivity contribution in [2.24, 2.45) is 0 Å². The Morgan fingerprint density at radius 2 is 2.15 bits per heavy atom. The number of alkyl halides is 3. The van der Waals surface area contributed by atoms with Crippen molar-refractivity contribution in [3.8, 4) is 5.88 Å². The standard InChI is InChI=1S/C12H13F3N2O3/c1-2-19-11(18)17-6-9(7-17)20-10-4-3-8(5-16-10)12(13,14)15/h3-5,9H,2,6-7H2,1H3. The summed E-state index contributed by atoms with van der Waals surface area (Å²) in [6.07, 6.45) is -4.39. The lowest BCUT2D eigenvalue weighted by atomic mass is 10.2. The summed E-state index contributed by atoms with van der Waals surface area (Å²) in [7, 11) is 0. The molecule has 1 aliphatic heterocycles. The van der Waals surface area contributed by atoms with Crippen LogP contribution in [0, 0.1) is 0 Å². The Labute approximate surface area is 113 Å². The number of carbonyl (C=O) groups is 1. The smallest absolute Gasteiger partial charge is 0.417 e. The quantitative estimate of drug-likeness (QED) is 0.857. The zero-order valence-electron chi connectivity index (χ0n) is 10.7. The molecule has 0 radical (unpaired) electrons. The molecule has 1 amide bonds. The van der Waals surface area contributed by atoms with Crippen LogP contribution in [0.25, 0.3) is 0 Å². The predicted molar refractivity (Wildman–Crippen MR) is 62.3 cm³/mol. The van der Waals surface area contributed by atoms with Gasteiger partial charge in [-0.2, -0.15) is 13.2 Å². The van der Waals surface area contributed by atoms with Crippen LogP contribution < -0.4 is 4.74 Å². The molecule has 0 aromatic carbocycles. The van der Waals surface area contributed by atoms with Gasteiger partial charge >= 0.3 is 12.3 Å². The Bertz CT molecular complexity index is 470. The summed E-state index contributed by atoms with van der Waals surface area (Å²) >= 11 is 0. The van der Waals surface area contributed by atoms with Crippen LogP contribution >= 0.6 is 0 Å². The molecule has 1 aliphatic rings. The van der Waals surface area contributed by atoms with Crippen LogP contribution in [0.3, 0.4) is 0 Å². The molecule has 0 saturated carbocycles. The summed E-state index contributed by atoms with van der Waals surface area (Å²) in [5.74, 6) is 0.103. The van der Waals surface area contributed by atoms with Crippen LogP contribution in [0.15, 0.2) is 18.3 Å². The number of hydrogen-bond donors (Lipinski definition) is 0. The van der Waals surface area contributed by atoms with Gasteiger partial charge < -0.3 is 14.4 Å². The first kappa shape index (κ1) is 14.4. The van der Waals surface area contributed by atoms with Crippen LogP contribution in [-0.4, -0.2) is 41.8 Å². The minimum absolute atomic E-state index is 0.103. The van der Waals surface area contributed by atoms with Crippen LogP contribution in [0.2, 0.25) is 0 Å². The van der Waals surface area contributed by atoms with Crippen LogP contribution in [0.5, 0.6) is 5.88 Å². The third kappa shape index (κ3) is 3.31. The van der Waals surface area contributed by atoms with Gasteiger partial charge in [0.2, 0.25) is 5.88 Å². The van der Waals surface area contributed by atoms with Gasteiger partial charge in [0.1, 0.15) is 6.10 Å². The third-order valence-electron chi connectivity index (χ3n) is 2.73. The highest BCUT2D eigenvalue weighted by Gasteiger charge is 2.34. The molecule has 5 nitrogen and oxygen atoms in total. The van der Waals surface area contributed by atoms with Crippen molar-refractivity contribution in [1.82, 2.24) is 9.88 Å². The van der Waals surface area contributed by atoms with E-state index in [1.165, 1.54) is 4.90 Å². The van der Waals surface area contributed by atoms with E-state index in [2.05, 4.69) is 4.98 Å². The predicted octanol–water partition coefficient (Wildman–Crippen LogP) is 2.32. The zero-order valence-corrected chi connectivity index (χ0v) is 10.7. The molecule has 8 heteroatoms. The highest BCUT2D eigenvalue weighted by atomic mass is 19.4. The van der Waals surface area contributed by atoms with Crippen LogP contribution in [0.1, 0.15) is 12.5 Å². The van der Waals surface area contributed by atoms with Crippen LogP contribution in [-0.2, 0) is 10.9 Å². The topological polar surface area (TPSA) is 51.7 Å². The van der Waals surface area contributed by atoms with Gasteiger partial charge in [-0.1, -0.05) is 0 Å². The first-order chi connectivity index (χ1) is 9.40. The molecule has 1 aromatic rings. The highest BCUT2D eigenvalue weighted by molar-refractivity contribution is 5.68. The number of carbonyl (C=O) groups excluding carboxylic acids is 1. The molecule has 0 N–H and O–H groups in total. The Morgan fingerprint density at radius 3 is 2.65 bits per heavy atom. The lowest BCUT2D eigenvalue weighted by Crippen LogP contribution is -2.56. The van der Waals surface area contributed by atoms with E-state index in [4.69, 9.17) is 9.47 Å². The summed E-state index contributed by atoms with van der Waals surface area (Å²) in [4.78, 5) is 16.3. The Hall–Kier alpha value is -1.99. The second-order valence-electron chi connectivity index (χ2n) is 4.23. The maximum atomic E-state index is 12.3. The fourth-order valence-electron chi connectivity index (χ4n) is 1.66. The number of likely N-dealkylation sites (tertiary alicyclic amines) is 1. The van der Waals surface area contributed by atoms with E-state index in [1.54, 1.807) is 6.92 Å². The van der Waals surface area contributed by atoms with Gasteiger partial charge in [-0.15, -0.1) is 0 Å². The van der Waals surface area contributed by atoms with Gasteiger partial charge in [0.05, 0.1) is 25.3 Å². The monoisotopic (exact) mass is 290 g/mol. The fourth-order valence-corrected chi connectivity index (χ4v) is 1.66. The van der Waals surface area contributed by atoms with E-state index in [9.17, 15) is 18.0 Å². The number of amides is 1. The molecule has 20 heavy (non-hydrogen) atoms. The molecule has 2 heterocycles. The number of pyridine rings is 1. The number of hydrogen-bond acceptors (Lipinski definition) is 4. The Morgan fingerprint density at radius 1 is 1.45 bits per heavy atom. The third-order valence-corrected chi connectivity index (χ3v) is 2.73. The molecule has 0 aliphatic carbocycles. The molecule has 0 atom stereocenters. The average Bonchev–Trinajstić information content (AvgIpc) is 2.33. The lowest BCUT2D eigenvalue weighted by Gasteiger charge is -2.37. The first-order valence-electron chi connectivity index (χ1n) is 6.01. The molecule has 0 bridgehead atoms. The number of ether oxygens (including phenoxy) is 2. The molecule has 2 rings (SSSR count). The van der Waals surface area contributed by atoms with E-state index in [1.807, 2.05) is 0 Å². The van der Waals surface area contributed by atoms with Crippen LogP contribution in [0.4, 0.5) is 18.0 Å². The summed E-state index contributed by atoms with van der Waals surface area (Å²) in [6.45, 7) is 2.67. The molecule has 110 valence electrons. The van der Waals surface area contributed by atoms with E-state index >= 15 is 0 Å². The van der Waals surface area contributed by atoms with Gasteiger partial charge in [0, 0.05) is 12.3 Å². The number of aromatic nitrogens is 1. The van der Waals surface area contributed by atoms with E-state index < -0.39 is 17.8 Å². The molecule has 1 fully saturated rings. The fraction of sp³-hybridized carbons (Fsp3) is 0.500. The molecular weight excluding hydrogens is 277 g/mol. The number of nitrogens with zero attached hydrogens (tertiary/aromatic N) is 2. The maximum Gasteiger partial charge on any atom is 0.417 e. The molecule has 0 unspecified atom stereocenters. The zero-order chi connectivity index (χ0) is 14.8. The van der Waals surface area contributed by atoms with Crippen molar-refractivity contribution in [2.75, 3.05) is 19.7 Å². The van der Waals surface area contributed by atoms with Gasteiger partial charge in [-0.05, 0) is 13.0 Å². The Balaban J connectivity index is 1.83. The molecule has 0 spiro atoms. The summed E-state index contributed by atoms with van der Waals surface area (Å²) < 4.78 is 47.1. The van der Waals surface area contributed by atoms with Crippen molar-refractivity contribution in [3.05, 3.63) is 23.9 Å². The van der Waals surface area contributed by atoms with E-state index in [-0.39, 0.29) is 12.0 Å². The first-order valence-corrected chi connectivity index (χ1v) is 6.01. The second-order valence-corrected chi connectivity index (χ2v) is 4.23. The largest absolute Gasteiger partial charge is 0.471 e. The highest BCUT2D eigenvalue weighted by Crippen LogP contribution is 2.29. The number of rotatable bonds is 3. The average molecular weight is 290 g/mol. The van der Waals surface area contributed by atoms with Crippen molar-refractivity contribution in [2.45, 2.75) is 19.2 Å². The second kappa shape index (κ2) is 5.56.